The summed E-state index contributed by atoms with van der Waals surface area (Å²) in [5.74, 6) is 0. The summed E-state index contributed by atoms with van der Waals surface area (Å²) in [5.41, 5.74) is 17.4. The molecule has 274 valence electrons. The van der Waals surface area contributed by atoms with Gasteiger partial charge in [-0.1, -0.05) is 172 Å². The highest BCUT2D eigenvalue weighted by molar-refractivity contribution is 6.25. The third-order valence-electron chi connectivity index (χ3n) is 13.1. The fourth-order valence-electron chi connectivity index (χ4n) is 10.7. The highest BCUT2D eigenvalue weighted by Crippen LogP contribution is 2.58. The van der Waals surface area contributed by atoms with Crippen molar-refractivity contribution in [2.24, 2.45) is 0 Å². The van der Waals surface area contributed by atoms with E-state index in [9.17, 15) is 0 Å². The van der Waals surface area contributed by atoms with Gasteiger partial charge in [0.25, 0.3) is 0 Å². The molecule has 1 aromatic heterocycles. The van der Waals surface area contributed by atoms with Crippen LogP contribution in [0.1, 0.15) is 47.2 Å². The zero-order valence-corrected chi connectivity index (χ0v) is 32.4. The van der Waals surface area contributed by atoms with Crippen molar-refractivity contribution in [1.29, 1.82) is 0 Å². The van der Waals surface area contributed by atoms with Crippen LogP contribution in [0.4, 0.5) is 17.1 Å². The zero-order valence-electron chi connectivity index (χ0n) is 32.4. The van der Waals surface area contributed by atoms with Crippen LogP contribution >= 0.6 is 0 Å². The molecule has 0 amide bonds. The summed E-state index contributed by atoms with van der Waals surface area (Å²) >= 11 is 0. The van der Waals surface area contributed by atoms with Crippen LogP contribution in [0, 0.1) is 0 Å². The van der Waals surface area contributed by atoms with E-state index >= 15 is 0 Å². The summed E-state index contributed by atoms with van der Waals surface area (Å²) in [6.07, 6.45) is 0. The van der Waals surface area contributed by atoms with Crippen LogP contribution in [0.5, 0.6) is 0 Å². The number of anilines is 3. The van der Waals surface area contributed by atoms with Crippen LogP contribution in [0.3, 0.4) is 0 Å². The fourth-order valence-corrected chi connectivity index (χ4v) is 10.7. The van der Waals surface area contributed by atoms with E-state index in [1.54, 1.807) is 0 Å². The smallest absolute Gasteiger partial charge is 0.144 e. The maximum atomic E-state index is 6.87. The van der Waals surface area contributed by atoms with Crippen molar-refractivity contribution in [2.75, 3.05) is 4.90 Å². The van der Waals surface area contributed by atoms with E-state index in [1.165, 1.54) is 71.8 Å². The number of hydrogen-bond donors (Lipinski definition) is 0. The molecule has 0 saturated carbocycles. The van der Waals surface area contributed by atoms with Crippen LogP contribution in [0.15, 0.2) is 205 Å². The first kappa shape index (κ1) is 33.0. The molecule has 2 aliphatic carbocycles. The molecule has 0 fully saturated rings. The van der Waals surface area contributed by atoms with Gasteiger partial charge in [0.05, 0.1) is 5.41 Å². The van der Waals surface area contributed by atoms with Gasteiger partial charge in [-0.25, -0.2) is 0 Å². The summed E-state index contributed by atoms with van der Waals surface area (Å²) in [5, 5.41) is 4.88. The molecule has 10 aromatic rings. The summed E-state index contributed by atoms with van der Waals surface area (Å²) < 4.78 is 6.87. The molecule has 0 radical (unpaired) electrons. The first-order chi connectivity index (χ1) is 28.5. The lowest BCUT2D eigenvalue weighted by molar-refractivity contribution is 0.657. The average molecular weight is 742 g/mol. The van der Waals surface area contributed by atoms with E-state index in [4.69, 9.17) is 4.42 Å². The molecule has 9 aromatic carbocycles. The van der Waals surface area contributed by atoms with Crippen LogP contribution in [0.2, 0.25) is 0 Å². The normalized spacial score (nSPS) is 14.3. The third kappa shape index (κ3) is 4.38. The third-order valence-corrected chi connectivity index (χ3v) is 13.1. The lowest BCUT2D eigenvalue weighted by atomic mass is 9.68. The summed E-state index contributed by atoms with van der Waals surface area (Å²) in [6.45, 7) is 4.74. The van der Waals surface area contributed by atoms with E-state index in [-0.39, 0.29) is 5.41 Å². The molecule has 0 unspecified atom stereocenters. The predicted octanol–water partition coefficient (Wildman–Crippen LogP) is 14.9. The molecular formula is C56H39NO. The predicted molar refractivity (Wildman–Crippen MR) is 241 cm³/mol. The maximum absolute atomic E-state index is 6.87. The van der Waals surface area contributed by atoms with Crippen molar-refractivity contribution in [3.63, 3.8) is 0 Å². The average Bonchev–Trinajstić information content (AvgIpc) is 3.89. The minimum Gasteiger partial charge on any atom is -0.455 e. The Labute approximate surface area is 338 Å². The summed E-state index contributed by atoms with van der Waals surface area (Å²) in [4.78, 5) is 2.40. The van der Waals surface area contributed by atoms with Crippen molar-refractivity contribution < 1.29 is 4.42 Å². The van der Waals surface area contributed by atoms with Gasteiger partial charge in [0.1, 0.15) is 11.2 Å². The van der Waals surface area contributed by atoms with Crippen molar-refractivity contribution in [3.8, 4) is 22.3 Å². The molecule has 2 aliphatic rings. The molecule has 0 spiro atoms. The Morgan fingerprint density at radius 2 is 0.948 bits per heavy atom. The molecule has 0 saturated heterocycles. The van der Waals surface area contributed by atoms with E-state index in [1.807, 2.05) is 0 Å². The standard InChI is InChI=1S/C56H39NO/c1-55(2)47-34-33-40(35-46(47)52-53(55)44-24-10-9-23-43(44)51-45-25-13-16-28-50(45)58-54(51)52)57(38-19-7-4-8-20-38)39-31-29-37(30-32-39)56(36-17-5-3-6-18-36)48-26-14-11-21-41(48)42-22-12-15-27-49(42)56/h3-35H,1-2H3. The molecule has 0 aliphatic heterocycles. The second kappa shape index (κ2) is 12.2. The number of para-hydroxylation sites is 2. The lowest BCUT2D eigenvalue weighted by Gasteiger charge is -2.34. The number of fused-ring (bicyclic) bond motifs is 13. The number of rotatable bonds is 5. The quantitative estimate of drug-likeness (QED) is 0.175. The van der Waals surface area contributed by atoms with Crippen LogP contribution in [-0.2, 0) is 10.8 Å². The molecule has 0 N–H and O–H groups in total. The molecule has 2 nitrogen and oxygen atoms in total. The van der Waals surface area contributed by atoms with Gasteiger partial charge in [-0.05, 0) is 103 Å². The van der Waals surface area contributed by atoms with E-state index in [2.05, 4.69) is 219 Å². The van der Waals surface area contributed by atoms with Gasteiger partial charge >= 0.3 is 0 Å². The Hall–Kier alpha value is -7.16. The minimum atomic E-state index is -0.450. The van der Waals surface area contributed by atoms with Gasteiger partial charge in [0.2, 0.25) is 0 Å². The van der Waals surface area contributed by atoms with Gasteiger partial charge in [-0.2, -0.15) is 0 Å². The number of furan rings is 1. The maximum Gasteiger partial charge on any atom is 0.144 e. The SMILES string of the molecule is CC1(C)c2ccc(N(c3ccccc3)c3ccc(C4(c5ccccc5)c5ccccc5-c5ccccc54)cc3)cc2-c2c1c1ccccc1c1c2oc2ccccc21. The highest BCUT2D eigenvalue weighted by Gasteiger charge is 2.46. The first-order valence-electron chi connectivity index (χ1n) is 20.3. The zero-order chi connectivity index (χ0) is 38.6. The minimum absolute atomic E-state index is 0.227. The van der Waals surface area contributed by atoms with Gasteiger partial charge in [0.15, 0.2) is 0 Å². The van der Waals surface area contributed by atoms with E-state index < -0.39 is 5.41 Å². The van der Waals surface area contributed by atoms with Gasteiger partial charge in [-0.3, -0.25) is 0 Å². The number of benzene rings is 9. The van der Waals surface area contributed by atoms with Crippen LogP contribution in [-0.4, -0.2) is 0 Å². The highest BCUT2D eigenvalue weighted by atomic mass is 16.3. The Kier molecular flexibility index (Phi) is 6.93. The Balaban J connectivity index is 1.07. The Morgan fingerprint density at radius 1 is 0.414 bits per heavy atom. The van der Waals surface area contributed by atoms with Crippen LogP contribution < -0.4 is 4.90 Å². The summed E-state index contributed by atoms with van der Waals surface area (Å²) in [6, 6.07) is 73.4. The van der Waals surface area contributed by atoms with E-state index in [0.717, 1.165) is 33.6 Å². The largest absolute Gasteiger partial charge is 0.455 e. The first-order valence-corrected chi connectivity index (χ1v) is 20.3. The van der Waals surface area contributed by atoms with Crippen LogP contribution in [0.25, 0.3) is 55.0 Å². The monoisotopic (exact) mass is 741 g/mol. The fraction of sp³-hybridized carbons (Fsp3) is 0.0714. The topological polar surface area (TPSA) is 16.4 Å². The lowest BCUT2D eigenvalue weighted by Crippen LogP contribution is -2.28. The van der Waals surface area contributed by atoms with Crippen molar-refractivity contribution >= 4 is 49.8 Å². The Morgan fingerprint density at radius 3 is 1.66 bits per heavy atom. The number of nitrogens with zero attached hydrogens (tertiary/aromatic N) is 1. The molecule has 0 bridgehead atoms. The Bertz CT molecular complexity index is 3200. The molecule has 2 heteroatoms. The van der Waals surface area contributed by atoms with Gasteiger partial charge in [-0.15, -0.1) is 0 Å². The van der Waals surface area contributed by atoms with Crippen molar-refractivity contribution in [1.82, 2.24) is 0 Å². The van der Waals surface area contributed by atoms with Gasteiger partial charge in [0, 0.05) is 38.8 Å². The molecule has 12 rings (SSSR count). The van der Waals surface area contributed by atoms with Gasteiger partial charge < -0.3 is 9.32 Å². The number of hydrogen-bond acceptors (Lipinski definition) is 2. The second-order valence-corrected chi connectivity index (χ2v) is 16.4. The molecular weight excluding hydrogens is 703 g/mol. The molecule has 0 atom stereocenters. The molecule has 58 heavy (non-hydrogen) atoms. The van der Waals surface area contributed by atoms with Crippen molar-refractivity contribution in [3.05, 3.63) is 234 Å². The second-order valence-electron chi connectivity index (χ2n) is 16.4. The van der Waals surface area contributed by atoms with E-state index in [0.29, 0.717) is 0 Å². The summed E-state index contributed by atoms with van der Waals surface area (Å²) in [7, 11) is 0. The molecule has 1 heterocycles. The van der Waals surface area contributed by atoms with Crippen molar-refractivity contribution in [2.45, 2.75) is 24.7 Å².